The van der Waals surface area contributed by atoms with Gasteiger partial charge in [-0.3, -0.25) is 9.36 Å². The zero-order valence-corrected chi connectivity index (χ0v) is 19.1. The van der Waals surface area contributed by atoms with Gasteiger partial charge < -0.3 is 4.90 Å². The van der Waals surface area contributed by atoms with E-state index < -0.39 is 0 Å². The van der Waals surface area contributed by atoms with Crippen LogP contribution >= 0.6 is 22.7 Å². The Labute approximate surface area is 184 Å². The van der Waals surface area contributed by atoms with Crippen LogP contribution in [0.25, 0.3) is 32.0 Å². The van der Waals surface area contributed by atoms with Gasteiger partial charge in [0.15, 0.2) is 0 Å². The van der Waals surface area contributed by atoms with Gasteiger partial charge >= 0.3 is 0 Å². The van der Waals surface area contributed by atoms with Crippen molar-refractivity contribution in [1.29, 1.82) is 0 Å². The number of fused-ring (bicyclic) bond motifs is 1. The van der Waals surface area contributed by atoms with E-state index in [9.17, 15) is 4.79 Å². The number of likely N-dealkylation sites (tertiary alicyclic amines) is 1. The molecule has 1 aliphatic heterocycles. The van der Waals surface area contributed by atoms with Gasteiger partial charge in [0.25, 0.3) is 5.56 Å². The van der Waals surface area contributed by atoms with Gasteiger partial charge in [-0.05, 0) is 64.3 Å². The second kappa shape index (κ2) is 7.76. The fourth-order valence-electron chi connectivity index (χ4n) is 4.47. The highest BCUT2D eigenvalue weighted by atomic mass is 32.1. The van der Waals surface area contributed by atoms with E-state index in [2.05, 4.69) is 61.5 Å². The van der Waals surface area contributed by atoms with Crippen molar-refractivity contribution in [3.63, 3.8) is 0 Å². The third kappa shape index (κ3) is 3.33. The van der Waals surface area contributed by atoms with Crippen molar-refractivity contribution in [2.24, 2.45) is 0 Å². The molecule has 4 nitrogen and oxygen atoms in total. The molecule has 0 unspecified atom stereocenters. The second-order valence-electron chi connectivity index (χ2n) is 8.21. The van der Waals surface area contributed by atoms with Crippen molar-refractivity contribution in [2.75, 3.05) is 20.1 Å². The molecule has 5 rings (SSSR count). The smallest absolute Gasteiger partial charge is 0.263 e. The van der Waals surface area contributed by atoms with Crippen molar-refractivity contribution >= 4 is 32.9 Å². The zero-order chi connectivity index (χ0) is 20.8. The molecule has 3 aromatic heterocycles. The first-order valence-corrected chi connectivity index (χ1v) is 12.1. The molecule has 0 saturated carbocycles. The number of hydrogen-bond acceptors (Lipinski definition) is 5. The van der Waals surface area contributed by atoms with Crippen LogP contribution in [0, 0.1) is 13.8 Å². The maximum absolute atomic E-state index is 14.0. The van der Waals surface area contributed by atoms with Crippen LogP contribution in [-0.4, -0.2) is 34.6 Å². The Morgan fingerprint density at radius 3 is 2.60 bits per heavy atom. The van der Waals surface area contributed by atoms with Crippen LogP contribution in [0.2, 0.25) is 0 Å². The Morgan fingerprint density at radius 2 is 1.90 bits per heavy atom. The van der Waals surface area contributed by atoms with Gasteiger partial charge in [0.2, 0.25) is 0 Å². The van der Waals surface area contributed by atoms with E-state index in [1.165, 1.54) is 5.56 Å². The quantitative estimate of drug-likeness (QED) is 0.412. The molecule has 0 amide bonds. The van der Waals surface area contributed by atoms with E-state index in [-0.39, 0.29) is 11.6 Å². The molecule has 4 aromatic rings. The van der Waals surface area contributed by atoms with Crippen LogP contribution in [0.3, 0.4) is 0 Å². The first-order valence-electron chi connectivity index (χ1n) is 10.4. The molecule has 1 fully saturated rings. The summed E-state index contributed by atoms with van der Waals surface area (Å²) in [6.45, 7) is 6.20. The molecule has 1 aromatic carbocycles. The maximum atomic E-state index is 14.0. The van der Waals surface area contributed by atoms with E-state index >= 15 is 0 Å². The van der Waals surface area contributed by atoms with Crippen LogP contribution in [0.15, 0.2) is 46.6 Å². The lowest BCUT2D eigenvalue weighted by molar-refractivity contribution is 0.219. The summed E-state index contributed by atoms with van der Waals surface area (Å²) >= 11 is 3.32. The van der Waals surface area contributed by atoms with Gasteiger partial charge in [0, 0.05) is 26.9 Å². The predicted octanol–water partition coefficient (Wildman–Crippen LogP) is 5.74. The maximum Gasteiger partial charge on any atom is 0.263 e. The first-order chi connectivity index (χ1) is 14.5. The fraction of sp³-hybridized carbons (Fsp3) is 0.333. The van der Waals surface area contributed by atoms with E-state index in [0.717, 1.165) is 62.9 Å². The standard InChI is InChI=1S/C24H25N3OS2/c1-15-6-4-7-17(14-15)22-25-23-21(20(16(2)30-23)19-8-5-13-29-19)24(28)27(22)18-9-11-26(3)12-10-18/h4-8,13-14,18H,9-12H2,1-3H3. The molecule has 0 aliphatic carbocycles. The molecule has 154 valence electrons. The molecular formula is C24H25N3OS2. The predicted molar refractivity (Wildman–Crippen MR) is 128 cm³/mol. The molecular weight excluding hydrogens is 410 g/mol. The summed E-state index contributed by atoms with van der Waals surface area (Å²) in [6.07, 6.45) is 1.94. The summed E-state index contributed by atoms with van der Waals surface area (Å²) in [7, 11) is 2.15. The number of nitrogens with zero attached hydrogens (tertiary/aromatic N) is 3. The number of thiophene rings is 2. The minimum Gasteiger partial charge on any atom is -0.306 e. The number of piperidine rings is 1. The number of aryl methyl sites for hydroxylation is 2. The molecule has 1 saturated heterocycles. The van der Waals surface area contributed by atoms with Crippen molar-refractivity contribution in [3.05, 3.63) is 62.6 Å². The third-order valence-electron chi connectivity index (χ3n) is 6.03. The average molecular weight is 436 g/mol. The molecule has 0 radical (unpaired) electrons. The van der Waals surface area contributed by atoms with E-state index in [0.29, 0.717) is 0 Å². The lowest BCUT2D eigenvalue weighted by Gasteiger charge is -2.31. The highest BCUT2D eigenvalue weighted by Gasteiger charge is 2.27. The third-order valence-corrected chi connectivity index (χ3v) is 7.92. The minimum absolute atomic E-state index is 0.110. The van der Waals surface area contributed by atoms with Crippen molar-refractivity contribution in [2.45, 2.75) is 32.7 Å². The number of benzene rings is 1. The van der Waals surface area contributed by atoms with Crippen molar-refractivity contribution in [3.8, 4) is 21.8 Å². The van der Waals surface area contributed by atoms with E-state index in [4.69, 9.17) is 4.98 Å². The number of aromatic nitrogens is 2. The second-order valence-corrected chi connectivity index (χ2v) is 10.4. The SMILES string of the molecule is Cc1cccc(-c2nc3sc(C)c(-c4cccs4)c3c(=O)n2C2CCN(C)CC2)c1. The van der Waals surface area contributed by atoms with Crippen LogP contribution in [0.5, 0.6) is 0 Å². The van der Waals surface area contributed by atoms with Crippen LogP contribution in [0.4, 0.5) is 0 Å². The molecule has 30 heavy (non-hydrogen) atoms. The normalized spacial score (nSPS) is 15.8. The van der Waals surface area contributed by atoms with E-state index in [1.807, 2.05) is 10.6 Å². The number of rotatable bonds is 3. The summed E-state index contributed by atoms with van der Waals surface area (Å²) in [5.41, 5.74) is 3.38. The Bertz CT molecular complexity index is 1260. The Kier molecular flexibility index (Phi) is 5.09. The van der Waals surface area contributed by atoms with Crippen LogP contribution in [-0.2, 0) is 0 Å². The topological polar surface area (TPSA) is 38.1 Å². The van der Waals surface area contributed by atoms with Crippen molar-refractivity contribution in [1.82, 2.24) is 14.5 Å². The van der Waals surface area contributed by atoms with Gasteiger partial charge in [-0.1, -0.05) is 29.8 Å². The molecule has 6 heteroatoms. The Morgan fingerprint density at radius 1 is 1.10 bits per heavy atom. The summed E-state index contributed by atoms with van der Waals surface area (Å²) in [4.78, 5) is 24.6. The van der Waals surface area contributed by atoms with E-state index in [1.54, 1.807) is 22.7 Å². The van der Waals surface area contributed by atoms with Gasteiger partial charge in [-0.25, -0.2) is 4.98 Å². The molecule has 0 spiro atoms. The molecule has 4 heterocycles. The lowest BCUT2D eigenvalue weighted by Crippen LogP contribution is -2.36. The highest BCUT2D eigenvalue weighted by molar-refractivity contribution is 7.20. The van der Waals surface area contributed by atoms with Crippen molar-refractivity contribution < 1.29 is 0 Å². The van der Waals surface area contributed by atoms with Crippen LogP contribution < -0.4 is 5.56 Å². The first kappa shape index (κ1) is 19.7. The van der Waals surface area contributed by atoms with Crippen LogP contribution in [0.1, 0.15) is 29.3 Å². The summed E-state index contributed by atoms with van der Waals surface area (Å²) in [5, 5.41) is 2.86. The molecule has 0 N–H and O–H groups in total. The van der Waals surface area contributed by atoms with Gasteiger partial charge in [-0.2, -0.15) is 0 Å². The Balaban J connectivity index is 1.81. The zero-order valence-electron chi connectivity index (χ0n) is 17.5. The fourth-order valence-corrected chi connectivity index (χ4v) is 6.40. The Hall–Kier alpha value is -2.28. The monoisotopic (exact) mass is 435 g/mol. The van der Waals surface area contributed by atoms with Gasteiger partial charge in [-0.15, -0.1) is 22.7 Å². The summed E-state index contributed by atoms with van der Waals surface area (Å²) in [6, 6.07) is 12.7. The molecule has 0 bridgehead atoms. The minimum atomic E-state index is 0.110. The average Bonchev–Trinajstić information content (AvgIpc) is 3.36. The summed E-state index contributed by atoms with van der Waals surface area (Å²) < 4.78 is 2.01. The largest absolute Gasteiger partial charge is 0.306 e. The molecule has 1 aliphatic rings. The highest BCUT2D eigenvalue weighted by Crippen LogP contribution is 2.39. The number of hydrogen-bond donors (Lipinski definition) is 0. The summed E-state index contributed by atoms with van der Waals surface area (Å²) in [5.74, 6) is 0.810. The lowest BCUT2D eigenvalue weighted by atomic mass is 10.0. The van der Waals surface area contributed by atoms with Gasteiger partial charge in [0.05, 0.1) is 5.39 Å². The molecule has 0 atom stereocenters. The van der Waals surface area contributed by atoms with Gasteiger partial charge in [0.1, 0.15) is 10.7 Å².